The molecule has 2 heteroatoms. The van der Waals surface area contributed by atoms with Crippen LogP contribution >= 0.6 is 0 Å². The topological polar surface area (TPSA) is 17.0 Å². The highest BCUT2D eigenvalue weighted by Gasteiger charge is 2.23. The highest BCUT2D eigenvalue weighted by molar-refractivity contribution is 6.36. The van der Waals surface area contributed by atoms with Crippen molar-refractivity contribution in [2.45, 2.75) is 18.9 Å². The average Bonchev–Trinajstić information content (AvgIpc) is 3.62. The molecule has 1 atom stereocenters. The number of benzene rings is 8. The quantitative estimate of drug-likeness (QED) is 0.177. The molecule has 0 saturated heterocycles. The number of nitrogens with zero attached hydrogens (tertiary/aromatic N) is 1. The molecule has 1 N–H and O–H groups in total. The Morgan fingerprint density at radius 3 is 2.11 bits per heavy atom. The fourth-order valence-electron chi connectivity index (χ4n) is 9.06. The van der Waals surface area contributed by atoms with Crippen LogP contribution in [0.5, 0.6) is 0 Å². The molecule has 0 fully saturated rings. The van der Waals surface area contributed by atoms with Crippen molar-refractivity contribution in [3.8, 4) is 16.8 Å². The molecule has 2 aliphatic rings. The summed E-state index contributed by atoms with van der Waals surface area (Å²) in [6.45, 7) is 0. The van der Waals surface area contributed by atoms with Crippen molar-refractivity contribution in [2.75, 3.05) is 0 Å². The normalized spacial score (nSPS) is 15.7. The highest BCUT2D eigenvalue weighted by atomic mass is 15.0. The molecule has 0 saturated carbocycles. The summed E-state index contributed by atoms with van der Waals surface area (Å²) >= 11 is 0. The molecular weight excluding hydrogens is 665 g/mol. The zero-order valence-corrected chi connectivity index (χ0v) is 30.4. The summed E-state index contributed by atoms with van der Waals surface area (Å²) in [7, 11) is 0. The molecule has 0 amide bonds. The zero-order chi connectivity index (χ0) is 36.3. The van der Waals surface area contributed by atoms with E-state index in [1.54, 1.807) is 0 Å². The van der Waals surface area contributed by atoms with Gasteiger partial charge < -0.3 is 9.88 Å². The lowest BCUT2D eigenvalue weighted by molar-refractivity contribution is 0.754. The van der Waals surface area contributed by atoms with E-state index in [0.717, 1.165) is 24.2 Å². The smallest absolute Gasteiger partial charge is 0.0707 e. The van der Waals surface area contributed by atoms with E-state index in [1.165, 1.54) is 87.5 Å². The first-order chi connectivity index (χ1) is 27.3. The van der Waals surface area contributed by atoms with Crippen molar-refractivity contribution < 1.29 is 0 Å². The second-order valence-electron chi connectivity index (χ2n) is 14.8. The minimum absolute atomic E-state index is 0.00911. The Morgan fingerprint density at radius 2 is 1.27 bits per heavy atom. The zero-order valence-electron chi connectivity index (χ0n) is 30.4. The van der Waals surface area contributed by atoms with Gasteiger partial charge in [-0.25, -0.2) is 0 Å². The Kier molecular flexibility index (Phi) is 7.41. The summed E-state index contributed by atoms with van der Waals surface area (Å²) < 4.78 is 2.51. The SMILES string of the molecule is C1=CCCC(C2=CC(c3cccc(-n4c5ccccc5c5c6c7ccccc7ccc6c6ccccc6c54)c3)NC(c3ccc(-c4ccccc4)cc3)=C2)=C1. The van der Waals surface area contributed by atoms with Crippen LogP contribution in [0.2, 0.25) is 0 Å². The molecule has 1 aliphatic heterocycles. The van der Waals surface area contributed by atoms with Crippen molar-refractivity contribution in [3.63, 3.8) is 0 Å². The maximum atomic E-state index is 3.97. The Hall–Kier alpha value is -6.90. The number of fused-ring (bicyclic) bond motifs is 10. The highest BCUT2D eigenvalue weighted by Crippen LogP contribution is 2.45. The van der Waals surface area contributed by atoms with E-state index < -0.39 is 0 Å². The van der Waals surface area contributed by atoms with Gasteiger partial charge in [0.1, 0.15) is 0 Å². The third-order valence-corrected chi connectivity index (χ3v) is 11.7. The number of hydrogen-bond acceptors (Lipinski definition) is 1. The Balaban J connectivity index is 1.09. The van der Waals surface area contributed by atoms with Crippen LogP contribution in [0.4, 0.5) is 0 Å². The summed E-state index contributed by atoms with van der Waals surface area (Å²) in [5.74, 6) is 0. The molecule has 0 radical (unpaired) electrons. The van der Waals surface area contributed by atoms with Crippen molar-refractivity contribution in [3.05, 3.63) is 216 Å². The van der Waals surface area contributed by atoms with Crippen LogP contribution in [0.1, 0.15) is 30.0 Å². The van der Waals surface area contributed by atoms with Crippen molar-refractivity contribution in [1.29, 1.82) is 0 Å². The maximum absolute atomic E-state index is 3.97. The van der Waals surface area contributed by atoms with Crippen LogP contribution in [0.15, 0.2) is 205 Å². The molecule has 0 bridgehead atoms. The van der Waals surface area contributed by atoms with Crippen LogP contribution < -0.4 is 5.32 Å². The fraction of sp³-hybridized carbons (Fsp3) is 0.0566. The van der Waals surface area contributed by atoms with Gasteiger partial charge in [0, 0.05) is 32.9 Å². The Labute approximate surface area is 320 Å². The third kappa shape index (κ3) is 5.25. The van der Waals surface area contributed by atoms with Crippen LogP contribution in [-0.4, -0.2) is 4.57 Å². The molecule has 0 spiro atoms. The summed E-state index contributed by atoms with van der Waals surface area (Å²) in [4.78, 5) is 0. The molecule has 11 rings (SSSR count). The average molecular weight is 703 g/mol. The molecule has 9 aromatic rings. The monoisotopic (exact) mass is 702 g/mol. The number of allylic oxidation sites excluding steroid dienone is 6. The van der Waals surface area contributed by atoms with Crippen LogP contribution in [0, 0.1) is 0 Å². The Bertz CT molecular complexity index is 3100. The van der Waals surface area contributed by atoms with Crippen LogP contribution in [0.25, 0.3) is 76.6 Å². The Morgan fingerprint density at radius 1 is 0.545 bits per heavy atom. The lowest BCUT2D eigenvalue weighted by Crippen LogP contribution is -2.22. The van der Waals surface area contributed by atoms with E-state index in [0.29, 0.717) is 0 Å². The van der Waals surface area contributed by atoms with Gasteiger partial charge in [0.15, 0.2) is 0 Å². The van der Waals surface area contributed by atoms with Gasteiger partial charge in [0.05, 0.1) is 17.1 Å². The minimum Gasteiger partial charge on any atom is -0.374 e. The van der Waals surface area contributed by atoms with E-state index in [-0.39, 0.29) is 6.04 Å². The number of para-hydroxylation sites is 1. The number of aromatic nitrogens is 1. The number of nitrogens with one attached hydrogen (secondary N) is 1. The first-order valence-electron chi connectivity index (χ1n) is 19.4. The van der Waals surface area contributed by atoms with Crippen LogP contribution in [0.3, 0.4) is 0 Å². The second-order valence-corrected chi connectivity index (χ2v) is 14.8. The molecular formula is C53H38N2. The first kappa shape index (κ1) is 31.6. The number of hydrogen-bond donors (Lipinski definition) is 1. The standard InChI is InChI=1S/C53H38N2/c1-3-14-35(15-4-1)37-26-28-39(29-27-37)48-33-41(36-16-5-2-6-17-36)34-49(54-48)40-19-13-20-42(32-40)55-50-25-12-11-24-47(50)52-51-43-21-8-7-18-38(43)30-31-45(51)44-22-9-10-23-46(44)53(52)55/h1-5,7-16,18-34,49,54H,6,17H2. The van der Waals surface area contributed by atoms with E-state index in [2.05, 4.69) is 204 Å². The lowest BCUT2D eigenvalue weighted by Gasteiger charge is -2.27. The molecule has 55 heavy (non-hydrogen) atoms. The van der Waals surface area contributed by atoms with Gasteiger partial charge in [-0.1, -0.05) is 170 Å². The van der Waals surface area contributed by atoms with Crippen molar-refractivity contribution in [1.82, 2.24) is 9.88 Å². The molecule has 1 aliphatic carbocycles. The van der Waals surface area contributed by atoms with Gasteiger partial charge in [-0.2, -0.15) is 0 Å². The van der Waals surface area contributed by atoms with Gasteiger partial charge in [-0.05, 0) is 92.1 Å². The first-order valence-corrected chi connectivity index (χ1v) is 19.4. The molecule has 8 aromatic carbocycles. The number of rotatable bonds is 5. The summed E-state index contributed by atoms with van der Waals surface area (Å²) in [6.07, 6.45) is 13.6. The number of dihydropyridines is 1. The maximum Gasteiger partial charge on any atom is 0.0707 e. The van der Waals surface area contributed by atoms with Gasteiger partial charge >= 0.3 is 0 Å². The van der Waals surface area contributed by atoms with E-state index in [9.17, 15) is 0 Å². The molecule has 2 nitrogen and oxygen atoms in total. The molecule has 1 unspecified atom stereocenters. The molecule has 260 valence electrons. The van der Waals surface area contributed by atoms with Crippen molar-refractivity contribution in [2.24, 2.45) is 0 Å². The largest absolute Gasteiger partial charge is 0.374 e. The molecule has 2 heterocycles. The fourth-order valence-corrected chi connectivity index (χ4v) is 9.06. The van der Waals surface area contributed by atoms with Gasteiger partial charge in [-0.15, -0.1) is 0 Å². The van der Waals surface area contributed by atoms with Crippen LogP contribution in [-0.2, 0) is 0 Å². The van der Waals surface area contributed by atoms with Gasteiger partial charge in [0.25, 0.3) is 0 Å². The summed E-state index contributed by atoms with van der Waals surface area (Å²) in [5.41, 5.74) is 12.3. The van der Waals surface area contributed by atoms with E-state index in [4.69, 9.17) is 0 Å². The molecule has 1 aromatic heterocycles. The predicted octanol–water partition coefficient (Wildman–Crippen LogP) is 13.8. The van der Waals surface area contributed by atoms with Gasteiger partial charge in [0.2, 0.25) is 0 Å². The summed E-state index contributed by atoms with van der Waals surface area (Å²) in [6, 6.07) is 60.1. The van der Waals surface area contributed by atoms with Gasteiger partial charge in [-0.3, -0.25) is 0 Å². The summed E-state index contributed by atoms with van der Waals surface area (Å²) in [5, 5.41) is 14.3. The minimum atomic E-state index is -0.00911. The lowest BCUT2D eigenvalue weighted by atomic mass is 9.89. The van der Waals surface area contributed by atoms with Crippen molar-refractivity contribution >= 4 is 59.8 Å². The van der Waals surface area contributed by atoms with E-state index >= 15 is 0 Å². The third-order valence-electron chi connectivity index (χ3n) is 11.7. The van der Waals surface area contributed by atoms with E-state index in [1.807, 2.05) is 0 Å². The second kappa shape index (κ2) is 12.9. The predicted molar refractivity (Wildman–Crippen MR) is 234 cm³/mol.